The second kappa shape index (κ2) is 6.62. The number of carbonyl (C=O) groups is 1. The molecular weight excluding hydrogens is 485 g/mol. The Kier molecular flexibility index (Phi) is 4.18. The van der Waals surface area contributed by atoms with E-state index in [1.165, 1.54) is 53.3 Å². The molecule has 6 rings (SSSR count). The van der Waals surface area contributed by atoms with Crippen molar-refractivity contribution in [2.24, 2.45) is 5.41 Å². The second-order valence-electron chi connectivity index (χ2n) is 9.97. The monoisotopic (exact) mass is 513 g/mol. The first-order valence-corrected chi connectivity index (χ1v) is 12.3. The number of carbonyl (C=O) groups excluding carboxylic acids is 1. The van der Waals surface area contributed by atoms with Crippen LogP contribution >= 0.6 is 22.6 Å². The van der Waals surface area contributed by atoms with Crippen LogP contribution in [-0.4, -0.2) is 32.6 Å². The summed E-state index contributed by atoms with van der Waals surface area (Å²) in [7, 11) is 2.17. The molecule has 0 radical (unpaired) electrons. The summed E-state index contributed by atoms with van der Waals surface area (Å²) < 4.78 is 1.18. The summed E-state index contributed by atoms with van der Waals surface area (Å²) in [6.07, 6.45) is 7.85. The van der Waals surface area contributed by atoms with Crippen molar-refractivity contribution < 1.29 is 4.79 Å². The molecule has 2 aliphatic carbocycles. The van der Waals surface area contributed by atoms with Gasteiger partial charge >= 0.3 is 0 Å². The maximum absolute atomic E-state index is 13.3. The number of halogens is 1. The van der Waals surface area contributed by atoms with Crippen LogP contribution in [0.25, 0.3) is 0 Å². The number of nitrogens with one attached hydrogen (secondary N) is 1. The fourth-order valence-electron chi connectivity index (χ4n) is 5.63. The van der Waals surface area contributed by atoms with Crippen LogP contribution in [0, 0.1) is 8.99 Å². The lowest BCUT2D eigenvalue weighted by Crippen LogP contribution is -2.35. The number of rotatable bonds is 3. The van der Waals surface area contributed by atoms with Gasteiger partial charge in [0.1, 0.15) is 0 Å². The van der Waals surface area contributed by atoms with E-state index in [4.69, 9.17) is 0 Å². The molecule has 5 heteroatoms. The number of hydrogen-bond acceptors (Lipinski definition) is 3. The van der Waals surface area contributed by atoms with Crippen molar-refractivity contribution in [3.63, 3.8) is 0 Å². The first-order chi connectivity index (χ1) is 14.5. The maximum atomic E-state index is 13.3. The van der Waals surface area contributed by atoms with E-state index in [9.17, 15) is 4.79 Å². The van der Waals surface area contributed by atoms with Crippen molar-refractivity contribution in [3.05, 3.63) is 51.1 Å². The predicted molar refractivity (Wildman–Crippen MR) is 131 cm³/mol. The van der Waals surface area contributed by atoms with E-state index in [1.807, 2.05) is 12.1 Å². The van der Waals surface area contributed by atoms with E-state index >= 15 is 0 Å². The van der Waals surface area contributed by atoms with Gasteiger partial charge in [0.15, 0.2) is 0 Å². The minimum Gasteiger partial charge on any atom is -0.373 e. The maximum Gasteiger partial charge on any atom is 0.257 e. The number of likely N-dealkylation sites (N-methyl/N-ethyl adjacent to an activating group) is 1. The highest BCUT2D eigenvalue weighted by Gasteiger charge is 2.51. The lowest BCUT2D eigenvalue weighted by molar-refractivity contribution is 0.102. The van der Waals surface area contributed by atoms with Crippen molar-refractivity contribution in [3.8, 4) is 0 Å². The van der Waals surface area contributed by atoms with E-state index in [0.29, 0.717) is 10.8 Å². The molecule has 2 aromatic carbocycles. The first kappa shape index (κ1) is 19.0. The summed E-state index contributed by atoms with van der Waals surface area (Å²) in [5.41, 5.74) is 6.51. The molecule has 2 aromatic rings. The third-order valence-corrected chi connectivity index (χ3v) is 8.63. The van der Waals surface area contributed by atoms with Gasteiger partial charge in [-0.3, -0.25) is 4.79 Å². The Labute approximate surface area is 192 Å². The number of benzene rings is 2. The highest BCUT2D eigenvalue weighted by Crippen LogP contribution is 2.56. The molecule has 0 unspecified atom stereocenters. The van der Waals surface area contributed by atoms with Gasteiger partial charge < -0.3 is 15.1 Å². The highest BCUT2D eigenvalue weighted by molar-refractivity contribution is 14.1. The quantitative estimate of drug-likeness (QED) is 0.558. The molecule has 156 valence electrons. The topological polar surface area (TPSA) is 35.6 Å². The molecule has 0 atom stereocenters. The van der Waals surface area contributed by atoms with Gasteiger partial charge in [-0.05, 0) is 108 Å². The molecule has 1 amide bonds. The molecule has 4 aliphatic rings. The number of amides is 1. The van der Waals surface area contributed by atoms with Gasteiger partial charge in [0.25, 0.3) is 5.91 Å². The summed E-state index contributed by atoms with van der Waals surface area (Å²) in [5, 5.41) is 3.21. The zero-order valence-corrected chi connectivity index (χ0v) is 19.7. The number of fused-ring (bicyclic) bond motifs is 2. The second-order valence-corrected chi connectivity index (χ2v) is 11.2. The minimum absolute atomic E-state index is 0.00394. The van der Waals surface area contributed by atoms with E-state index in [2.05, 4.69) is 69.0 Å². The molecule has 3 fully saturated rings. The van der Waals surface area contributed by atoms with Crippen LogP contribution in [0.2, 0.25) is 0 Å². The molecule has 4 nitrogen and oxygen atoms in total. The van der Waals surface area contributed by atoms with Crippen molar-refractivity contribution in [1.82, 2.24) is 0 Å². The van der Waals surface area contributed by atoms with Crippen LogP contribution < -0.4 is 15.1 Å². The van der Waals surface area contributed by atoms with Crippen LogP contribution in [0.5, 0.6) is 0 Å². The lowest BCUT2D eigenvalue weighted by Gasteiger charge is -2.35. The van der Waals surface area contributed by atoms with E-state index in [-0.39, 0.29) is 5.91 Å². The van der Waals surface area contributed by atoms with Gasteiger partial charge in [-0.1, -0.05) is 0 Å². The van der Waals surface area contributed by atoms with Gasteiger partial charge in [0.05, 0.1) is 11.3 Å². The Morgan fingerprint density at radius 2 is 1.73 bits per heavy atom. The Balaban J connectivity index is 1.26. The zero-order chi connectivity index (χ0) is 20.5. The van der Waals surface area contributed by atoms with E-state index in [0.717, 1.165) is 36.6 Å². The predicted octanol–water partition coefficient (Wildman–Crippen LogP) is 5.41. The van der Waals surface area contributed by atoms with Gasteiger partial charge in [0.2, 0.25) is 0 Å². The number of nitrogens with zero attached hydrogens (tertiary/aromatic N) is 2. The minimum atomic E-state index is 0.00394. The Morgan fingerprint density at radius 1 is 0.967 bits per heavy atom. The van der Waals surface area contributed by atoms with Crippen LogP contribution in [0.15, 0.2) is 36.4 Å². The summed E-state index contributed by atoms with van der Waals surface area (Å²) in [6, 6.07) is 12.7. The molecule has 1 N–H and O–H groups in total. The molecule has 2 aliphatic heterocycles. The summed E-state index contributed by atoms with van der Waals surface area (Å²) >= 11 is 2.35. The lowest BCUT2D eigenvalue weighted by atomic mass is 9.93. The molecule has 1 saturated heterocycles. The van der Waals surface area contributed by atoms with Crippen LogP contribution in [0.4, 0.5) is 17.1 Å². The average Bonchev–Trinajstić information content (AvgIpc) is 3.65. The Bertz CT molecular complexity index is 1030. The Hall–Kier alpha value is -1.76. The summed E-state index contributed by atoms with van der Waals surface area (Å²) in [6.45, 7) is 3.24. The molecule has 2 spiro atoms. The number of anilines is 3. The standard InChI is InChI=1S/C25H28IN3O/c1-28-16-25(8-9-25)20-15-18(3-5-21(20)28)27-23(30)19-4-2-17(26)14-22(19)29-12-10-24(6-7-24)11-13-29/h2-5,14-15H,6-13,16H2,1H3,(H,27,30). The fraction of sp³-hybridized carbons (Fsp3) is 0.480. The normalized spacial score (nSPS) is 22.3. The SMILES string of the molecule is CN1CC2(CC2)c2cc(NC(=O)c3ccc(I)cc3N3CCC4(CC3)CC4)ccc21. The highest BCUT2D eigenvalue weighted by atomic mass is 127. The molecule has 0 aromatic heterocycles. The van der Waals surface area contributed by atoms with Crippen LogP contribution in [0.1, 0.15) is 54.4 Å². The number of piperidine rings is 1. The van der Waals surface area contributed by atoms with Crippen LogP contribution in [-0.2, 0) is 5.41 Å². The zero-order valence-electron chi connectivity index (χ0n) is 17.5. The molecular formula is C25H28IN3O. The number of hydrogen-bond donors (Lipinski definition) is 1. The largest absolute Gasteiger partial charge is 0.373 e. The van der Waals surface area contributed by atoms with Gasteiger partial charge in [-0.25, -0.2) is 0 Å². The smallest absolute Gasteiger partial charge is 0.257 e. The molecule has 0 bridgehead atoms. The van der Waals surface area contributed by atoms with Crippen molar-refractivity contribution in [2.45, 2.75) is 43.9 Å². The van der Waals surface area contributed by atoms with Crippen LogP contribution in [0.3, 0.4) is 0 Å². The Morgan fingerprint density at radius 3 is 2.43 bits per heavy atom. The third kappa shape index (κ3) is 3.12. The van der Waals surface area contributed by atoms with Gasteiger partial charge in [-0.2, -0.15) is 0 Å². The van der Waals surface area contributed by atoms with Crippen molar-refractivity contribution in [2.75, 3.05) is 41.8 Å². The first-order valence-electron chi connectivity index (χ1n) is 11.2. The molecule has 2 saturated carbocycles. The van der Waals surface area contributed by atoms with E-state index < -0.39 is 0 Å². The average molecular weight is 513 g/mol. The molecule has 2 heterocycles. The van der Waals surface area contributed by atoms with Gasteiger partial charge in [-0.15, -0.1) is 0 Å². The van der Waals surface area contributed by atoms with Gasteiger partial charge in [0, 0.05) is 47.0 Å². The summed E-state index contributed by atoms with van der Waals surface area (Å²) in [5.74, 6) is 0.00394. The van der Waals surface area contributed by atoms with Crippen molar-refractivity contribution >= 4 is 45.6 Å². The third-order valence-electron chi connectivity index (χ3n) is 7.96. The van der Waals surface area contributed by atoms with Crippen molar-refractivity contribution in [1.29, 1.82) is 0 Å². The molecule has 30 heavy (non-hydrogen) atoms. The fourth-order valence-corrected chi connectivity index (χ4v) is 6.10. The van der Waals surface area contributed by atoms with E-state index in [1.54, 1.807) is 0 Å². The summed E-state index contributed by atoms with van der Waals surface area (Å²) in [4.78, 5) is 18.1.